The quantitative estimate of drug-likeness (QED) is 0.609. The van der Waals surface area contributed by atoms with Gasteiger partial charge in [0.05, 0.1) is 11.8 Å². The molecule has 2 fully saturated rings. The number of hydrogen-bond donors (Lipinski definition) is 1. The molecule has 9 heteroatoms. The van der Waals surface area contributed by atoms with Crippen LogP contribution >= 0.6 is 0 Å². The minimum Gasteiger partial charge on any atom is -0.454 e. The molecule has 3 atom stereocenters. The van der Waals surface area contributed by atoms with Crippen LogP contribution in [-0.4, -0.2) is 41.2 Å². The van der Waals surface area contributed by atoms with Crippen molar-refractivity contribution in [3.63, 3.8) is 0 Å². The Bertz CT molecular complexity index is 784. The average molecular weight is 394 g/mol. The van der Waals surface area contributed by atoms with Gasteiger partial charge in [0, 0.05) is 0 Å². The largest absolute Gasteiger partial charge is 0.454 e. The van der Waals surface area contributed by atoms with Crippen molar-refractivity contribution in [3.8, 4) is 0 Å². The summed E-state index contributed by atoms with van der Waals surface area (Å²) in [6, 6.07) is 1.90. The molecule has 0 aromatic heterocycles. The number of esters is 1. The molecule has 1 saturated heterocycles. The number of para-hydroxylation sites is 1. The molecule has 0 bridgehead atoms. The molecule has 0 radical (unpaired) electrons. The average Bonchev–Trinajstić information content (AvgIpc) is 2.93. The fourth-order valence-corrected chi connectivity index (χ4v) is 3.73. The van der Waals surface area contributed by atoms with Crippen LogP contribution in [0.3, 0.4) is 0 Å². The summed E-state index contributed by atoms with van der Waals surface area (Å²) in [5.74, 6) is -5.41. The van der Waals surface area contributed by atoms with E-state index in [2.05, 4.69) is 0 Å². The third-order valence-corrected chi connectivity index (χ3v) is 5.18. The zero-order chi connectivity index (χ0) is 20.4. The maximum absolute atomic E-state index is 13.5. The molecular formula is C19H20F2N2O5. The highest BCUT2D eigenvalue weighted by Gasteiger charge is 2.51. The highest BCUT2D eigenvalue weighted by Crippen LogP contribution is 2.38. The predicted molar refractivity (Wildman–Crippen MR) is 92.7 cm³/mol. The number of carbonyl (C=O) groups is 4. The van der Waals surface area contributed by atoms with E-state index in [4.69, 9.17) is 4.74 Å². The first kappa shape index (κ1) is 19.9. The number of fused-ring (bicyclic) bond motifs is 1. The molecular weight excluding hydrogens is 374 g/mol. The van der Waals surface area contributed by atoms with E-state index < -0.39 is 65.5 Å². The normalized spacial score (nSPS) is 22.6. The molecule has 1 aromatic carbocycles. The van der Waals surface area contributed by atoms with E-state index in [9.17, 15) is 28.0 Å². The summed E-state index contributed by atoms with van der Waals surface area (Å²) in [7, 11) is 0. The van der Waals surface area contributed by atoms with E-state index in [-0.39, 0.29) is 0 Å². The number of likely N-dealkylation sites (tertiary alicyclic amines) is 1. The summed E-state index contributed by atoms with van der Waals surface area (Å²) in [5.41, 5.74) is -0.648. The minimum absolute atomic E-state index is 0.392. The minimum atomic E-state index is -1.18. The summed E-state index contributed by atoms with van der Waals surface area (Å²) in [6.45, 7) is 0.546. The fraction of sp³-hybridized carbons (Fsp3) is 0.474. The molecule has 0 unspecified atom stereocenters. The van der Waals surface area contributed by atoms with Crippen LogP contribution in [-0.2, 0) is 23.9 Å². The first-order valence-electron chi connectivity index (χ1n) is 9.08. The third kappa shape index (κ3) is 3.74. The number of ether oxygens (including phenoxy) is 1. The number of imide groups is 1. The lowest BCUT2D eigenvalue weighted by molar-refractivity contribution is -0.159. The van der Waals surface area contributed by atoms with Crippen molar-refractivity contribution in [2.45, 2.75) is 38.6 Å². The molecule has 7 nitrogen and oxygen atoms in total. The number of carbonyl (C=O) groups excluding carboxylic acids is 4. The van der Waals surface area contributed by atoms with Gasteiger partial charge in [-0.1, -0.05) is 18.9 Å². The van der Waals surface area contributed by atoms with Crippen molar-refractivity contribution in [2.75, 3.05) is 11.9 Å². The van der Waals surface area contributed by atoms with Crippen molar-refractivity contribution in [2.24, 2.45) is 11.8 Å². The van der Waals surface area contributed by atoms with Gasteiger partial charge in [0.25, 0.3) is 5.91 Å². The van der Waals surface area contributed by atoms with Gasteiger partial charge in [-0.25, -0.2) is 13.6 Å². The van der Waals surface area contributed by atoms with Gasteiger partial charge in [0.15, 0.2) is 6.61 Å². The summed E-state index contributed by atoms with van der Waals surface area (Å²) in [6.07, 6.45) is 2.95. The lowest BCUT2D eigenvalue weighted by atomic mass is 9.81. The molecule has 1 aromatic rings. The molecule has 1 N–H and O–H groups in total. The number of hydrogen-bond acceptors (Lipinski definition) is 5. The molecule has 28 heavy (non-hydrogen) atoms. The number of amides is 3. The Morgan fingerprint density at radius 3 is 2.21 bits per heavy atom. The summed E-state index contributed by atoms with van der Waals surface area (Å²) >= 11 is 0. The summed E-state index contributed by atoms with van der Waals surface area (Å²) < 4.78 is 31.9. The number of rotatable bonds is 5. The van der Waals surface area contributed by atoms with Gasteiger partial charge in [0.1, 0.15) is 23.4 Å². The van der Waals surface area contributed by atoms with Crippen molar-refractivity contribution in [1.29, 1.82) is 0 Å². The van der Waals surface area contributed by atoms with Gasteiger partial charge < -0.3 is 10.1 Å². The van der Waals surface area contributed by atoms with E-state index in [0.717, 1.165) is 35.9 Å². The molecule has 1 heterocycles. The zero-order valence-corrected chi connectivity index (χ0v) is 15.2. The standard InChI is InChI=1S/C19H20F2N2O5/c1-10(23-17(25)11-5-2-3-6-12(11)18(23)26)19(27)28-9-15(24)22-16-13(20)7-4-8-14(16)21/h4,7-8,10-12H,2-3,5-6,9H2,1H3,(H,22,24)/t10-,11+,12+/m0/s1. The monoisotopic (exact) mass is 394 g/mol. The van der Waals surface area contributed by atoms with E-state index in [1.807, 2.05) is 5.32 Å². The highest BCUT2D eigenvalue weighted by atomic mass is 19.1. The molecule has 3 rings (SSSR count). The number of benzene rings is 1. The van der Waals surface area contributed by atoms with Gasteiger partial charge in [-0.3, -0.25) is 19.3 Å². The Balaban J connectivity index is 1.58. The second kappa shape index (κ2) is 8.04. The summed E-state index contributed by atoms with van der Waals surface area (Å²) in [4.78, 5) is 49.9. The van der Waals surface area contributed by atoms with Gasteiger partial charge in [-0.2, -0.15) is 0 Å². The molecule has 2 aliphatic rings. The molecule has 1 saturated carbocycles. The first-order valence-corrected chi connectivity index (χ1v) is 9.08. The highest BCUT2D eigenvalue weighted by molar-refractivity contribution is 6.08. The zero-order valence-electron chi connectivity index (χ0n) is 15.2. The number of anilines is 1. The lowest BCUT2D eigenvalue weighted by Crippen LogP contribution is -2.45. The Hall–Kier alpha value is -2.84. The SMILES string of the molecule is C[C@@H](C(=O)OCC(=O)Nc1c(F)cccc1F)N1C(=O)[C@@H]2CCCC[C@H]2C1=O. The summed E-state index contributed by atoms with van der Waals surface area (Å²) in [5, 5.41) is 1.99. The van der Waals surface area contributed by atoms with Crippen molar-refractivity contribution < 1.29 is 32.7 Å². The van der Waals surface area contributed by atoms with Crippen molar-refractivity contribution in [1.82, 2.24) is 4.90 Å². The van der Waals surface area contributed by atoms with Crippen LogP contribution < -0.4 is 5.32 Å². The van der Waals surface area contributed by atoms with Gasteiger partial charge >= 0.3 is 5.97 Å². The topological polar surface area (TPSA) is 92.8 Å². The van der Waals surface area contributed by atoms with E-state index in [1.165, 1.54) is 6.92 Å². The smallest absolute Gasteiger partial charge is 0.329 e. The molecule has 0 spiro atoms. The van der Waals surface area contributed by atoms with Crippen LogP contribution in [0.1, 0.15) is 32.6 Å². The fourth-order valence-electron chi connectivity index (χ4n) is 3.73. The molecule has 150 valence electrons. The number of nitrogens with zero attached hydrogens (tertiary/aromatic N) is 1. The van der Waals surface area contributed by atoms with Crippen LogP contribution in [0.5, 0.6) is 0 Å². The maximum atomic E-state index is 13.5. The number of halogens is 2. The molecule has 3 amide bonds. The van der Waals surface area contributed by atoms with Crippen LogP contribution in [0.4, 0.5) is 14.5 Å². The maximum Gasteiger partial charge on any atom is 0.329 e. The molecule has 1 aliphatic carbocycles. The van der Waals surface area contributed by atoms with Crippen LogP contribution in [0.15, 0.2) is 18.2 Å². The van der Waals surface area contributed by atoms with Gasteiger partial charge in [-0.15, -0.1) is 0 Å². The van der Waals surface area contributed by atoms with Gasteiger partial charge in [0.2, 0.25) is 11.8 Å². The first-order chi connectivity index (χ1) is 13.3. The van der Waals surface area contributed by atoms with E-state index in [0.29, 0.717) is 12.8 Å². The molecule has 1 aliphatic heterocycles. The van der Waals surface area contributed by atoms with Crippen LogP contribution in [0.2, 0.25) is 0 Å². The third-order valence-electron chi connectivity index (χ3n) is 5.18. The van der Waals surface area contributed by atoms with E-state index >= 15 is 0 Å². The van der Waals surface area contributed by atoms with E-state index in [1.54, 1.807) is 0 Å². The predicted octanol–water partition coefficient (Wildman–Crippen LogP) is 2.01. The van der Waals surface area contributed by atoms with Gasteiger partial charge in [-0.05, 0) is 31.9 Å². The van der Waals surface area contributed by atoms with Crippen LogP contribution in [0.25, 0.3) is 0 Å². The van der Waals surface area contributed by atoms with Crippen molar-refractivity contribution in [3.05, 3.63) is 29.8 Å². The Kier molecular flexibility index (Phi) is 5.71. The second-order valence-corrected chi connectivity index (χ2v) is 6.97. The Morgan fingerprint density at radius 2 is 1.68 bits per heavy atom. The second-order valence-electron chi connectivity index (χ2n) is 6.97. The lowest BCUT2D eigenvalue weighted by Gasteiger charge is -2.21. The van der Waals surface area contributed by atoms with Crippen molar-refractivity contribution >= 4 is 29.4 Å². The van der Waals surface area contributed by atoms with Crippen LogP contribution in [0, 0.1) is 23.5 Å². The number of nitrogens with one attached hydrogen (secondary N) is 1. The Morgan fingerprint density at radius 1 is 1.14 bits per heavy atom. The Labute approximate surface area is 160 Å².